The Morgan fingerprint density at radius 1 is 0.966 bits per heavy atom. The number of rotatable bonds is 8. The van der Waals surface area contributed by atoms with Gasteiger partial charge in [0.25, 0.3) is 0 Å². The summed E-state index contributed by atoms with van der Waals surface area (Å²) in [5.41, 5.74) is 5.11. The van der Waals surface area contributed by atoms with Crippen molar-refractivity contribution in [1.29, 1.82) is 0 Å². The van der Waals surface area contributed by atoms with Gasteiger partial charge in [0.2, 0.25) is 0 Å². The number of carbonyl (C=O) groups is 1. The molecular weight excluding hydrogens is 475 g/mol. The third kappa shape index (κ3) is 6.07. The van der Waals surface area contributed by atoms with Gasteiger partial charge in [-0.1, -0.05) is 55.5 Å². The molecule has 0 spiro atoms. The molecular formula is C25H25IO3. The zero-order valence-corrected chi connectivity index (χ0v) is 18.9. The first-order valence-corrected chi connectivity index (χ1v) is 10.9. The second kappa shape index (κ2) is 10.4. The Labute approximate surface area is 186 Å². The van der Waals surface area contributed by atoms with E-state index in [0.29, 0.717) is 18.3 Å². The summed E-state index contributed by atoms with van der Waals surface area (Å²) in [6.07, 6.45) is 0.950. The molecule has 0 amide bonds. The van der Waals surface area contributed by atoms with Gasteiger partial charge in [-0.25, -0.2) is 4.79 Å². The van der Waals surface area contributed by atoms with Crippen molar-refractivity contribution in [3.05, 3.63) is 87.5 Å². The number of hydrogen-bond donors (Lipinski definition) is 0. The van der Waals surface area contributed by atoms with Crippen LogP contribution in [0.15, 0.2) is 72.8 Å². The van der Waals surface area contributed by atoms with E-state index in [1.165, 1.54) is 25.8 Å². The molecule has 0 heterocycles. The Morgan fingerprint density at radius 2 is 1.66 bits per heavy atom. The summed E-state index contributed by atoms with van der Waals surface area (Å²) in [7, 11) is 0. The Hall–Kier alpha value is -2.34. The third-order valence-electron chi connectivity index (χ3n) is 4.81. The zero-order chi connectivity index (χ0) is 20.6. The van der Waals surface area contributed by atoms with Gasteiger partial charge in [-0.05, 0) is 88.4 Å². The summed E-state index contributed by atoms with van der Waals surface area (Å²) in [6, 6.07) is 25.2. The van der Waals surface area contributed by atoms with Crippen molar-refractivity contribution in [2.75, 3.05) is 13.2 Å². The predicted molar refractivity (Wildman–Crippen MR) is 125 cm³/mol. The molecule has 0 aromatic heterocycles. The molecule has 3 aromatic carbocycles. The first-order valence-electron chi connectivity index (χ1n) is 9.79. The smallest absolute Gasteiger partial charge is 0.344 e. The van der Waals surface area contributed by atoms with Crippen LogP contribution < -0.4 is 4.74 Å². The average Bonchev–Trinajstić information content (AvgIpc) is 2.74. The quantitative estimate of drug-likeness (QED) is 0.271. The zero-order valence-electron chi connectivity index (χ0n) is 16.7. The molecule has 150 valence electrons. The molecule has 0 aliphatic heterocycles. The van der Waals surface area contributed by atoms with E-state index >= 15 is 0 Å². The van der Waals surface area contributed by atoms with Crippen LogP contribution in [-0.2, 0) is 16.0 Å². The second-order valence-corrected chi connectivity index (χ2v) is 8.18. The standard InChI is InChI=1S/C25H25IO3/c1-3-28-25(27)17-29-23-14-10-19(11-15-23)18(2)16-21-6-4-5-7-24(21)20-8-12-22(26)13-9-20/h4-15,18H,3,16-17H2,1-2H3. The minimum atomic E-state index is -0.350. The van der Waals surface area contributed by atoms with Gasteiger partial charge in [0.05, 0.1) is 6.61 Å². The van der Waals surface area contributed by atoms with Gasteiger partial charge in [-0.2, -0.15) is 0 Å². The molecule has 1 unspecified atom stereocenters. The van der Waals surface area contributed by atoms with Gasteiger partial charge in [0.15, 0.2) is 6.61 Å². The van der Waals surface area contributed by atoms with Gasteiger partial charge < -0.3 is 9.47 Å². The van der Waals surface area contributed by atoms with Crippen LogP contribution in [0.4, 0.5) is 0 Å². The average molecular weight is 500 g/mol. The van der Waals surface area contributed by atoms with Crippen LogP contribution >= 0.6 is 22.6 Å². The predicted octanol–water partition coefficient (Wildman–Crippen LogP) is 6.25. The maximum Gasteiger partial charge on any atom is 0.344 e. The molecule has 0 aliphatic rings. The molecule has 0 saturated heterocycles. The van der Waals surface area contributed by atoms with E-state index in [0.717, 1.165) is 6.42 Å². The lowest BCUT2D eigenvalue weighted by atomic mass is 9.89. The highest BCUT2D eigenvalue weighted by Gasteiger charge is 2.12. The maximum atomic E-state index is 11.4. The molecule has 0 N–H and O–H groups in total. The van der Waals surface area contributed by atoms with Crippen LogP contribution in [0.5, 0.6) is 5.75 Å². The van der Waals surface area contributed by atoms with E-state index in [-0.39, 0.29) is 12.6 Å². The van der Waals surface area contributed by atoms with E-state index in [2.05, 4.69) is 90.2 Å². The van der Waals surface area contributed by atoms with Crippen LogP contribution in [0.1, 0.15) is 30.9 Å². The molecule has 29 heavy (non-hydrogen) atoms. The molecule has 3 nitrogen and oxygen atoms in total. The molecule has 3 rings (SSSR count). The SMILES string of the molecule is CCOC(=O)COc1ccc(C(C)Cc2ccccc2-c2ccc(I)cc2)cc1. The first kappa shape index (κ1) is 21.4. The van der Waals surface area contributed by atoms with Crippen LogP contribution in [0, 0.1) is 3.57 Å². The Bertz CT molecular complexity index is 933. The molecule has 1 atom stereocenters. The van der Waals surface area contributed by atoms with Crippen molar-refractivity contribution in [1.82, 2.24) is 0 Å². The van der Waals surface area contributed by atoms with E-state index in [1.807, 2.05) is 12.1 Å². The molecule has 0 fully saturated rings. The van der Waals surface area contributed by atoms with Crippen molar-refractivity contribution in [2.24, 2.45) is 0 Å². The molecule has 3 aromatic rings. The van der Waals surface area contributed by atoms with Crippen molar-refractivity contribution in [3.8, 4) is 16.9 Å². The summed E-state index contributed by atoms with van der Waals surface area (Å²) >= 11 is 2.33. The topological polar surface area (TPSA) is 35.5 Å². The number of hydrogen-bond acceptors (Lipinski definition) is 3. The van der Waals surface area contributed by atoms with Crippen molar-refractivity contribution in [2.45, 2.75) is 26.2 Å². The third-order valence-corrected chi connectivity index (χ3v) is 5.53. The minimum Gasteiger partial charge on any atom is -0.482 e. The van der Waals surface area contributed by atoms with Gasteiger partial charge in [0.1, 0.15) is 5.75 Å². The van der Waals surface area contributed by atoms with E-state index in [9.17, 15) is 4.79 Å². The number of carbonyl (C=O) groups excluding carboxylic acids is 1. The highest BCUT2D eigenvalue weighted by Crippen LogP contribution is 2.29. The Kier molecular flexibility index (Phi) is 7.69. The van der Waals surface area contributed by atoms with Gasteiger partial charge in [-0.15, -0.1) is 0 Å². The summed E-state index contributed by atoms with van der Waals surface area (Å²) < 4.78 is 11.6. The lowest BCUT2D eigenvalue weighted by molar-refractivity contribution is -0.145. The van der Waals surface area contributed by atoms with Crippen LogP contribution in [0.2, 0.25) is 0 Å². The largest absolute Gasteiger partial charge is 0.482 e. The normalized spacial score (nSPS) is 11.7. The van der Waals surface area contributed by atoms with E-state index in [1.54, 1.807) is 6.92 Å². The van der Waals surface area contributed by atoms with Gasteiger partial charge >= 0.3 is 5.97 Å². The lowest BCUT2D eigenvalue weighted by Gasteiger charge is -2.16. The number of esters is 1. The van der Waals surface area contributed by atoms with Crippen molar-refractivity contribution >= 4 is 28.6 Å². The van der Waals surface area contributed by atoms with Crippen molar-refractivity contribution < 1.29 is 14.3 Å². The molecule has 0 radical (unpaired) electrons. The van der Waals surface area contributed by atoms with Gasteiger partial charge in [-0.3, -0.25) is 0 Å². The highest BCUT2D eigenvalue weighted by molar-refractivity contribution is 14.1. The second-order valence-electron chi connectivity index (χ2n) is 6.93. The lowest BCUT2D eigenvalue weighted by Crippen LogP contribution is -2.14. The van der Waals surface area contributed by atoms with E-state index < -0.39 is 0 Å². The summed E-state index contributed by atoms with van der Waals surface area (Å²) in [5.74, 6) is 0.685. The van der Waals surface area contributed by atoms with E-state index in [4.69, 9.17) is 9.47 Å². The van der Waals surface area contributed by atoms with Crippen LogP contribution in [0.25, 0.3) is 11.1 Å². The summed E-state index contributed by atoms with van der Waals surface area (Å²) in [5, 5.41) is 0. The molecule has 0 aliphatic carbocycles. The van der Waals surface area contributed by atoms with Crippen molar-refractivity contribution in [3.63, 3.8) is 0 Å². The Morgan fingerprint density at radius 3 is 2.34 bits per heavy atom. The minimum absolute atomic E-state index is 0.0634. The summed E-state index contributed by atoms with van der Waals surface area (Å²) in [4.78, 5) is 11.4. The molecule has 4 heteroatoms. The number of benzene rings is 3. The van der Waals surface area contributed by atoms with Crippen LogP contribution in [0.3, 0.4) is 0 Å². The monoisotopic (exact) mass is 500 g/mol. The number of ether oxygens (including phenoxy) is 2. The molecule has 0 saturated carbocycles. The fourth-order valence-corrected chi connectivity index (χ4v) is 3.65. The fraction of sp³-hybridized carbons (Fsp3) is 0.240. The fourth-order valence-electron chi connectivity index (χ4n) is 3.29. The first-order chi connectivity index (χ1) is 14.1. The number of halogens is 1. The maximum absolute atomic E-state index is 11.4. The Balaban J connectivity index is 1.68. The summed E-state index contributed by atoms with van der Waals surface area (Å²) in [6.45, 7) is 4.32. The van der Waals surface area contributed by atoms with Crippen LogP contribution in [-0.4, -0.2) is 19.2 Å². The highest BCUT2D eigenvalue weighted by atomic mass is 127. The van der Waals surface area contributed by atoms with Gasteiger partial charge in [0, 0.05) is 3.57 Å². The molecule has 0 bridgehead atoms.